The van der Waals surface area contributed by atoms with Crippen LogP contribution in [0, 0.1) is 6.92 Å². The second-order valence-electron chi connectivity index (χ2n) is 5.84. The lowest BCUT2D eigenvalue weighted by Crippen LogP contribution is -1.90. The van der Waals surface area contributed by atoms with Crippen molar-refractivity contribution in [2.45, 2.75) is 6.92 Å². The van der Waals surface area contributed by atoms with E-state index in [1.54, 1.807) is 17.6 Å². The quantitative estimate of drug-likeness (QED) is 0.359. The van der Waals surface area contributed by atoms with E-state index in [2.05, 4.69) is 28.5 Å². The summed E-state index contributed by atoms with van der Waals surface area (Å²) in [6.45, 7) is 2.06. The fourth-order valence-corrected chi connectivity index (χ4v) is 3.26. The van der Waals surface area contributed by atoms with Crippen LogP contribution in [0.3, 0.4) is 0 Å². The first-order valence-electron chi connectivity index (χ1n) is 8.25. The number of nitrogens with one attached hydrogen (secondary N) is 1. The molecule has 0 aliphatic heterocycles. The fraction of sp³-hybridized carbons (Fsp3) is 0.0476. The number of anilines is 1. The van der Waals surface area contributed by atoms with Gasteiger partial charge in [-0.05, 0) is 61.0 Å². The number of nitrogens with zero attached hydrogens (tertiary/aromatic N) is 2. The van der Waals surface area contributed by atoms with Gasteiger partial charge in [-0.2, -0.15) is 5.10 Å². The molecular formula is C21H17N3OS. The molecule has 3 aromatic carbocycles. The van der Waals surface area contributed by atoms with Crippen LogP contribution in [0.1, 0.15) is 11.1 Å². The van der Waals surface area contributed by atoms with Crippen LogP contribution in [0.5, 0.6) is 11.5 Å². The van der Waals surface area contributed by atoms with Gasteiger partial charge in [0.2, 0.25) is 5.13 Å². The molecule has 0 spiro atoms. The maximum absolute atomic E-state index is 5.83. The Hall–Kier alpha value is -3.18. The van der Waals surface area contributed by atoms with Crippen molar-refractivity contribution < 1.29 is 4.74 Å². The number of ether oxygens (including phenoxy) is 1. The van der Waals surface area contributed by atoms with Gasteiger partial charge in [-0.3, -0.25) is 5.43 Å². The summed E-state index contributed by atoms with van der Waals surface area (Å²) in [4.78, 5) is 4.48. The van der Waals surface area contributed by atoms with E-state index in [1.807, 2.05) is 66.7 Å². The minimum absolute atomic E-state index is 0.779. The van der Waals surface area contributed by atoms with Crippen molar-refractivity contribution in [1.29, 1.82) is 0 Å². The molecule has 0 unspecified atom stereocenters. The third-order valence-corrected chi connectivity index (χ3v) is 4.75. The molecule has 0 atom stereocenters. The minimum atomic E-state index is 0.779. The molecule has 0 saturated carbocycles. The van der Waals surface area contributed by atoms with E-state index in [0.29, 0.717) is 0 Å². The van der Waals surface area contributed by atoms with Crippen LogP contribution in [0.15, 0.2) is 77.9 Å². The summed E-state index contributed by atoms with van der Waals surface area (Å²) >= 11 is 1.58. The smallest absolute Gasteiger partial charge is 0.204 e. The molecule has 0 fully saturated rings. The molecule has 26 heavy (non-hydrogen) atoms. The van der Waals surface area contributed by atoms with Crippen LogP contribution in [0.2, 0.25) is 0 Å². The van der Waals surface area contributed by atoms with Crippen LogP contribution in [-0.2, 0) is 0 Å². The van der Waals surface area contributed by atoms with Crippen LogP contribution in [0.25, 0.3) is 10.2 Å². The Morgan fingerprint density at radius 3 is 2.35 bits per heavy atom. The van der Waals surface area contributed by atoms with Crippen LogP contribution >= 0.6 is 11.3 Å². The fourth-order valence-electron chi connectivity index (χ4n) is 2.45. The lowest BCUT2D eigenvalue weighted by atomic mass is 10.2. The van der Waals surface area contributed by atoms with Gasteiger partial charge in [-0.25, -0.2) is 4.98 Å². The topological polar surface area (TPSA) is 46.5 Å². The highest BCUT2D eigenvalue weighted by atomic mass is 32.1. The van der Waals surface area contributed by atoms with Gasteiger partial charge in [-0.15, -0.1) is 0 Å². The van der Waals surface area contributed by atoms with Crippen molar-refractivity contribution in [2.24, 2.45) is 5.10 Å². The van der Waals surface area contributed by atoms with Crippen LogP contribution in [0.4, 0.5) is 5.13 Å². The number of aromatic nitrogens is 1. The maximum atomic E-state index is 5.83. The molecule has 4 aromatic rings. The third kappa shape index (κ3) is 3.90. The molecule has 0 amide bonds. The van der Waals surface area contributed by atoms with E-state index in [9.17, 15) is 0 Å². The summed E-state index contributed by atoms with van der Waals surface area (Å²) < 4.78 is 6.97. The molecule has 0 aliphatic carbocycles. The predicted molar refractivity (Wildman–Crippen MR) is 109 cm³/mol. The maximum Gasteiger partial charge on any atom is 0.204 e. The Morgan fingerprint density at radius 2 is 1.62 bits per heavy atom. The summed E-state index contributed by atoms with van der Waals surface area (Å²) in [7, 11) is 0. The number of para-hydroxylation sites is 1. The SMILES string of the molecule is Cc1ccc(Oc2ccc(/C=N/Nc3nc4ccccc4s3)cc2)cc1. The predicted octanol–water partition coefficient (Wildman–Crippen LogP) is 5.84. The van der Waals surface area contributed by atoms with Gasteiger partial charge in [0.05, 0.1) is 16.4 Å². The molecule has 0 saturated heterocycles. The normalized spacial score (nSPS) is 11.1. The molecule has 1 N–H and O–H groups in total. The zero-order chi connectivity index (χ0) is 17.8. The average Bonchev–Trinajstić information content (AvgIpc) is 3.08. The average molecular weight is 359 g/mol. The van der Waals surface area contributed by atoms with E-state index in [4.69, 9.17) is 4.74 Å². The summed E-state index contributed by atoms with van der Waals surface area (Å²) in [5, 5.41) is 5.04. The number of benzene rings is 3. The highest BCUT2D eigenvalue weighted by Crippen LogP contribution is 2.25. The lowest BCUT2D eigenvalue weighted by Gasteiger charge is -2.06. The van der Waals surface area contributed by atoms with Crippen LogP contribution < -0.4 is 10.2 Å². The Kier molecular flexibility index (Phi) is 4.62. The van der Waals surface area contributed by atoms with Gasteiger partial charge in [-0.1, -0.05) is 41.2 Å². The Balaban J connectivity index is 1.38. The van der Waals surface area contributed by atoms with Gasteiger partial charge in [0.25, 0.3) is 0 Å². The minimum Gasteiger partial charge on any atom is -0.457 e. The largest absolute Gasteiger partial charge is 0.457 e. The summed E-state index contributed by atoms with van der Waals surface area (Å²) in [5.74, 6) is 1.62. The van der Waals surface area contributed by atoms with E-state index in [0.717, 1.165) is 32.4 Å². The van der Waals surface area contributed by atoms with Crippen molar-refractivity contribution in [3.05, 3.63) is 83.9 Å². The number of hydrogen-bond donors (Lipinski definition) is 1. The lowest BCUT2D eigenvalue weighted by molar-refractivity contribution is 0.482. The van der Waals surface area contributed by atoms with Gasteiger partial charge < -0.3 is 4.74 Å². The van der Waals surface area contributed by atoms with E-state index >= 15 is 0 Å². The second-order valence-corrected chi connectivity index (χ2v) is 6.87. The van der Waals surface area contributed by atoms with Crippen molar-refractivity contribution in [1.82, 2.24) is 4.98 Å². The van der Waals surface area contributed by atoms with Gasteiger partial charge in [0, 0.05) is 0 Å². The standard InChI is InChI=1S/C21H17N3OS/c1-15-6-10-17(11-7-15)25-18-12-8-16(9-13-18)14-22-24-21-23-19-4-2-3-5-20(19)26-21/h2-14H,1H3,(H,23,24)/b22-14+. The molecule has 128 valence electrons. The first-order valence-corrected chi connectivity index (χ1v) is 9.07. The van der Waals surface area contributed by atoms with Crippen molar-refractivity contribution >= 4 is 32.9 Å². The molecule has 1 aromatic heterocycles. The highest BCUT2D eigenvalue weighted by molar-refractivity contribution is 7.22. The molecule has 0 aliphatic rings. The van der Waals surface area contributed by atoms with Gasteiger partial charge >= 0.3 is 0 Å². The zero-order valence-electron chi connectivity index (χ0n) is 14.2. The Bertz CT molecular complexity index is 1000. The zero-order valence-corrected chi connectivity index (χ0v) is 15.0. The monoisotopic (exact) mass is 359 g/mol. The first-order chi connectivity index (χ1) is 12.8. The molecule has 5 heteroatoms. The van der Waals surface area contributed by atoms with E-state index in [-0.39, 0.29) is 0 Å². The Labute approximate surface area is 155 Å². The Morgan fingerprint density at radius 1 is 0.923 bits per heavy atom. The molecule has 0 radical (unpaired) electrons. The number of aryl methyl sites for hydroxylation is 1. The number of rotatable bonds is 5. The summed E-state index contributed by atoms with van der Waals surface area (Å²) in [6.07, 6.45) is 1.77. The van der Waals surface area contributed by atoms with Crippen LogP contribution in [-0.4, -0.2) is 11.2 Å². The highest BCUT2D eigenvalue weighted by Gasteiger charge is 2.01. The first kappa shape index (κ1) is 16.3. The third-order valence-electron chi connectivity index (χ3n) is 3.80. The van der Waals surface area contributed by atoms with Gasteiger partial charge in [0.15, 0.2) is 0 Å². The molecule has 1 heterocycles. The summed E-state index contributed by atoms with van der Waals surface area (Å²) in [5.41, 5.74) is 6.16. The van der Waals surface area contributed by atoms with E-state index in [1.165, 1.54) is 5.56 Å². The number of hydrogen-bond acceptors (Lipinski definition) is 5. The van der Waals surface area contributed by atoms with Gasteiger partial charge in [0.1, 0.15) is 11.5 Å². The number of thiazole rings is 1. The second kappa shape index (κ2) is 7.37. The van der Waals surface area contributed by atoms with Crippen molar-refractivity contribution in [3.63, 3.8) is 0 Å². The summed E-state index contributed by atoms with van der Waals surface area (Å²) in [6, 6.07) is 23.8. The molecule has 0 bridgehead atoms. The molecule has 4 rings (SSSR count). The van der Waals surface area contributed by atoms with E-state index < -0.39 is 0 Å². The molecule has 4 nitrogen and oxygen atoms in total. The molecular weight excluding hydrogens is 342 g/mol. The number of hydrazone groups is 1. The van der Waals surface area contributed by atoms with Crippen molar-refractivity contribution in [2.75, 3.05) is 5.43 Å². The number of fused-ring (bicyclic) bond motifs is 1. The van der Waals surface area contributed by atoms with Crippen molar-refractivity contribution in [3.8, 4) is 11.5 Å².